The third-order valence-electron chi connectivity index (χ3n) is 2.26. The van der Waals surface area contributed by atoms with Crippen molar-refractivity contribution in [2.24, 2.45) is 5.73 Å². The summed E-state index contributed by atoms with van der Waals surface area (Å²) in [5, 5.41) is 0. The molecule has 0 aliphatic heterocycles. The van der Waals surface area contributed by atoms with Gasteiger partial charge in [0.15, 0.2) is 0 Å². The average Bonchev–Trinajstić information content (AvgIpc) is 2.12. The number of ether oxygens (including phenoxy) is 2. The van der Waals surface area contributed by atoms with Crippen LogP contribution in [0.25, 0.3) is 0 Å². The van der Waals surface area contributed by atoms with Crippen molar-refractivity contribution in [3.8, 4) is 0 Å². The molecule has 0 spiro atoms. The molecule has 1 atom stereocenters. The maximum atomic E-state index is 5.54. The van der Waals surface area contributed by atoms with Gasteiger partial charge in [0.2, 0.25) is 0 Å². The highest BCUT2D eigenvalue weighted by molar-refractivity contribution is 7.80. The molecule has 0 aliphatic carbocycles. The normalized spacial score (nSPS) is 14.0. The van der Waals surface area contributed by atoms with Gasteiger partial charge in [-0.2, -0.15) is 0 Å². The van der Waals surface area contributed by atoms with Crippen LogP contribution < -0.4 is 5.73 Å². The predicted octanol–water partition coefficient (Wildman–Crippen LogP) is 1.88. The van der Waals surface area contributed by atoms with E-state index in [-0.39, 0.29) is 11.7 Å². The molecule has 0 bridgehead atoms. The zero-order valence-corrected chi connectivity index (χ0v) is 10.3. The minimum Gasteiger partial charge on any atom is -0.391 e. The van der Waals surface area contributed by atoms with Gasteiger partial charge in [0.1, 0.15) is 11.1 Å². The standard InChI is InChI=1S/C10H21NO2S/c1-5-8(9(11)14)13-7-6-10(2,3)12-4/h8H,5-7H2,1-4H3,(H2,11,14). The molecule has 0 aromatic heterocycles. The molecule has 0 amide bonds. The summed E-state index contributed by atoms with van der Waals surface area (Å²) in [6, 6.07) is 0. The summed E-state index contributed by atoms with van der Waals surface area (Å²) in [6.07, 6.45) is 1.56. The quantitative estimate of drug-likeness (QED) is 0.664. The van der Waals surface area contributed by atoms with Crippen molar-refractivity contribution in [3.05, 3.63) is 0 Å². The van der Waals surface area contributed by atoms with E-state index in [1.807, 2.05) is 20.8 Å². The van der Waals surface area contributed by atoms with Gasteiger partial charge >= 0.3 is 0 Å². The molecule has 0 heterocycles. The van der Waals surface area contributed by atoms with Crippen molar-refractivity contribution in [1.29, 1.82) is 0 Å². The topological polar surface area (TPSA) is 44.5 Å². The summed E-state index contributed by atoms with van der Waals surface area (Å²) in [5.41, 5.74) is 5.36. The SMILES string of the molecule is CCC(OCCC(C)(C)OC)C(N)=S. The van der Waals surface area contributed by atoms with Gasteiger partial charge in [-0.1, -0.05) is 19.1 Å². The van der Waals surface area contributed by atoms with Crippen LogP contribution in [0.15, 0.2) is 0 Å². The minimum absolute atomic E-state index is 0.0994. The van der Waals surface area contributed by atoms with Gasteiger partial charge in [-0.3, -0.25) is 0 Å². The Hall–Kier alpha value is -0.190. The summed E-state index contributed by atoms with van der Waals surface area (Å²) in [6.45, 7) is 6.68. The highest BCUT2D eigenvalue weighted by atomic mass is 32.1. The van der Waals surface area contributed by atoms with Crippen molar-refractivity contribution in [1.82, 2.24) is 0 Å². The molecule has 1 unspecified atom stereocenters. The Morgan fingerprint density at radius 2 is 2.07 bits per heavy atom. The Balaban J connectivity index is 3.77. The van der Waals surface area contributed by atoms with Crippen LogP contribution in [0.3, 0.4) is 0 Å². The van der Waals surface area contributed by atoms with Gasteiger partial charge in [-0.05, 0) is 26.7 Å². The Morgan fingerprint density at radius 1 is 1.50 bits per heavy atom. The second-order valence-corrected chi connectivity index (χ2v) is 4.36. The molecule has 0 radical (unpaired) electrons. The molecule has 0 saturated carbocycles. The molecule has 0 rings (SSSR count). The van der Waals surface area contributed by atoms with Gasteiger partial charge in [0, 0.05) is 7.11 Å². The number of hydrogen-bond acceptors (Lipinski definition) is 3. The molecule has 84 valence electrons. The summed E-state index contributed by atoms with van der Waals surface area (Å²) < 4.78 is 10.8. The van der Waals surface area contributed by atoms with Crippen LogP contribution in [0.4, 0.5) is 0 Å². The largest absolute Gasteiger partial charge is 0.391 e. The van der Waals surface area contributed by atoms with Gasteiger partial charge in [0.25, 0.3) is 0 Å². The first kappa shape index (κ1) is 13.8. The van der Waals surface area contributed by atoms with Gasteiger partial charge in [0.05, 0.1) is 12.2 Å². The smallest absolute Gasteiger partial charge is 0.107 e. The zero-order valence-electron chi connectivity index (χ0n) is 9.50. The van der Waals surface area contributed by atoms with Crippen molar-refractivity contribution >= 4 is 17.2 Å². The lowest BCUT2D eigenvalue weighted by Crippen LogP contribution is -2.31. The van der Waals surface area contributed by atoms with Crippen LogP contribution in [-0.2, 0) is 9.47 Å². The molecule has 0 fully saturated rings. The number of nitrogens with two attached hydrogens (primary N) is 1. The molecular formula is C10H21NO2S. The second kappa shape index (κ2) is 6.32. The van der Waals surface area contributed by atoms with Crippen molar-refractivity contribution in [2.75, 3.05) is 13.7 Å². The van der Waals surface area contributed by atoms with Crippen LogP contribution >= 0.6 is 12.2 Å². The second-order valence-electron chi connectivity index (χ2n) is 3.88. The van der Waals surface area contributed by atoms with Crippen molar-refractivity contribution in [2.45, 2.75) is 45.3 Å². The van der Waals surface area contributed by atoms with E-state index in [4.69, 9.17) is 27.4 Å². The summed E-state index contributed by atoms with van der Waals surface area (Å²) in [4.78, 5) is 0.433. The number of rotatable bonds is 7. The fourth-order valence-electron chi connectivity index (χ4n) is 0.950. The van der Waals surface area contributed by atoms with E-state index in [9.17, 15) is 0 Å². The first-order valence-electron chi connectivity index (χ1n) is 4.89. The highest BCUT2D eigenvalue weighted by Gasteiger charge is 2.17. The van der Waals surface area contributed by atoms with Gasteiger partial charge in [-0.25, -0.2) is 0 Å². The minimum atomic E-state index is -0.144. The molecule has 0 aliphatic rings. The van der Waals surface area contributed by atoms with Crippen LogP contribution in [-0.4, -0.2) is 30.4 Å². The molecular weight excluding hydrogens is 198 g/mol. The van der Waals surface area contributed by atoms with E-state index >= 15 is 0 Å². The predicted molar refractivity (Wildman–Crippen MR) is 62.5 cm³/mol. The molecule has 4 heteroatoms. The summed E-state index contributed by atoms with van der Waals surface area (Å²) in [5.74, 6) is 0. The van der Waals surface area contributed by atoms with E-state index in [2.05, 4.69) is 0 Å². The van der Waals surface area contributed by atoms with E-state index in [0.717, 1.165) is 12.8 Å². The van der Waals surface area contributed by atoms with E-state index in [1.54, 1.807) is 7.11 Å². The molecule has 0 saturated heterocycles. The monoisotopic (exact) mass is 219 g/mol. The first-order valence-corrected chi connectivity index (χ1v) is 5.30. The van der Waals surface area contributed by atoms with Crippen molar-refractivity contribution < 1.29 is 9.47 Å². The van der Waals surface area contributed by atoms with Gasteiger partial charge < -0.3 is 15.2 Å². The Morgan fingerprint density at radius 3 is 2.43 bits per heavy atom. The Kier molecular flexibility index (Phi) is 6.24. The van der Waals surface area contributed by atoms with E-state index in [1.165, 1.54) is 0 Å². The zero-order chi connectivity index (χ0) is 11.2. The van der Waals surface area contributed by atoms with Crippen LogP contribution in [0.1, 0.15) is 33.6 Å². The molecule has 3 nitrogen and oxygen atoms in total. The fourth-order valence-corrected chi connectivity index (χ4v) is 1.18. The maximum Gasteiger partial charge on any atom is 0.107 e. The van der Waals surface area contributed by atoms with Crippen molar-refractivity contribution in [3.63, 3.8) is 0 Å². The summed E-state index contributed by atoms with van der Waals surface area (Å²) >= 11 is 4.87. The van der Waals surface area contributed by atoms with Crippen LogP contribution in [0.2, 0.25) is 0 Å². The lowest BCUT2D eigenvalue weighted by atomic mass is 10.1. The number of thiocarbonyl (C=S) groups is 1. The third kappa shape index (κ3) is 5.52. The fraction of sp³-hybridized carbons (Fsp3) is 0.900. The highest BCUT2D eigenvalue weighted by Crippen LogP contribution is 2.13. The van der Waals surface area contributed by atoms with Crippen LogP contribution in [0.5, 0.6) is 0 Å². The lowest BCUT2D eigenvalue weighted by Gasteiger charge is -2.24. The van der Waals surface area contributed by atoms with E-state index in [0.29, 0.717) is 11.6 Å². The molecule has 14 heavy (non-hydrogen) atoms. The average molecular weight is 219 g/mol. The number of hydrogen-bond donors (Lipinski definition) is 1. The molecule has 0 aromatic rings. The maximum absolute atomic E-state index is 5.54. The van der Waals surface area contributed by atoms with Gasteiger partial charge in [-0.15, -0.1) is 0 Å². The van der Waals surface area contributed by atoms with E-state index < -0.39 is 0 Å². The number of methoxy groups -OCH3 is 1. The Labute approximate surface area is 91.9 Å². The molecule has 0 aromatic carbocycles. The molecule has 2 N–H and O–H groups in total. The lowest BCUT2D eigenvalue weighted by molar-refractivity contribution is -0.0162. The Bertz CT molecular complexity index is 183. The van der Waals surface area contributed by atoms with Crippen LogP contribution in [0, 0.1) is 0 Å². The summed E-state index contributed by atoms with van der Waals surface area (Å²) in [7, 11) is 1.70. The third-order valence-corrected chi connectivity index (χ3v) is 2.53. The first-order chi connectivity index (χ1) is 6.43.